The van der Waals surface area contributed by atoms with Crippen LogP contribution in [0.2, 0.25) is 0 Å². The van der Waals surface area contributed by atoms with Gasteiger partial charge >= 0.3 is 5.97 Å². The minimum Gasteiger partial charge on any atom is -0.451 e. The molecule has 0 spiro atoms. The number of aromatic nitrogens is 3. The number of nitrogens with zero attached hydrogens (tertiary/aromatic N) is 2. The topological polar surface area (TPSA) is 98.1 Å². The molecular formula is C18H19N3O4. The van der Waals surface area contributed by atoms with Gasteiger partial charge in [0, 0.05) is 5.92 Å². The maximum Gasteiger partial charge on any atom is 0.344 e. The lowest BCUT2D eigenvalue weighted by Gasteiger charge is -2.13. The molecule has 0 aliphatic carbocycles. The van der Waals surface area contributed by atoms with E-state index in [-0.39, 0.29) is 17.3 Å². The van der Waals surface area contributed by atoms with Crippen LogP contribution in [0.1, 0.15) is 60.4 Å². The van der Waals surface area contributed by atoms with Crippen molar-refractivity contribution in [2.24, 2.45) is 0 Å². The Bertz CT molecular complexity index is 987. The van der Waals surface area contributed by atoms with Crippen molar-refractivity contribution in [1.82, 2.24) is 15.1 Å². The molecule has 2 aromatic heterocycles. The first-order chi connectivity index (χ1) is 11.9. The fourth-order valence-corrected chi connectivity index (χ4v) is 2.60. The van der Waals surface area contributed by atoms with Crippen molar-refractivity contribution in [1.29, 1.82) is 0 Å². The number of ether oxygens (including phenoxy) is 1. The van der Waals surface area contributed by atoms with Crippen LogP contribution >= 0.6 is 0 Å². The molecule has 7 nitrogen and oxygen atoms in total. The van der Waals surface area contributed by atoms with E-state index in [0.29, 0.717) is 27.9 Å². The molecule has 0 bridgehead atoms. The van der Waals surface area contributed by atoms with Crippen LogP contribution in [0.15, 0.2) is 33.6 Å². The van der Waals surface area contributed by atoms with E-state index in [4.69, 9.17) is 9.26 Å². The molecule has 0 amide bonds. The molecule has 1 unspecified atom stereocenters. The van der Waals surface area contributed by atoms with Crippen molar-refractivity contribution in [3.63, 3.8) is 0 Å². The van der Waals surface area contributed by atoms with E-state index in [1.165, 1.54) is 0 Å². The second kappa shape index (κ2) is 6.51. The summed E-state index contributed by atoms with van der Waals surface area (Å²) < 4.78 is 10.7. The molecule has 25 heavy (non-hydrogen) atoms. The third-order valence-electron chi connectivity index (χ3n) is 3.92. The van der Waals surface area contributed by atoms with Crippen LogP contribution < -0.4 is 5.56 Å². The van der Waals surface area contributed by atoms with Crippen LogP contribution in [0.4, 0.5) is 0 Å². The maximum absolute atomic E-state index is 12.5. The molecule has 0 aliphatic rings. The predicted molar refractivity (Wildman–Crippen MR) is 91.5 cm³/mol. The summed E-state index contributed by atoms with van der Waals surface area (Å²) in [5.74, 6) is 0.218. The number of nitrogens with one attached hydrogen (secondary N) is 1. The minimum atomic E-state index is -0.723. The molecule has 0 radical (unpaired) electrons. The van der Waals surface area contributed by atoms with Crippen LogP contribution in [0.25, 0.3) is 10.9 Å². The monoisotopic (exact) mass is 341 g/mol. The highest BCUT2D eigenvalue weighted by molar-refractivity contribution is 5.92. The molecule has 3 aromatic rings. The number of aryl methyl sites for hydroxylation is 1. The average molecular weight is 341 g/mol. The van der Waals surface area contributed by atoms with Gasteiger partial charge in [-0.3, -0.25) is 4.79 Å². The number of fused-ring (bicyclic) bond motifs is 1. The van der Waals surface area contributed by atoms with E-state index in [1.54, 1.807) is 38.1 Å². The third-order valence-corrected chi connectivity index (χ3v) is 3.92. The number of hydrogen-bond donors (Lipinski definition) is 1. The SMILES string of the molecule is Cc1noc(C(C)C)c1C(=O)OC(C)c1nc2ccccc2c(=O)[nH]1. The van der Waals surface area contributed by atoms with E-state index in [1.807, 2.05) is 13.8 Å². The Labute approximate surface area is 144 Å². The molecular weight excluding hydrogens is 322 g/mol. The van der Waals surface area contributed by atoms with Crippen molar-refractivity contribution in [2.45, 2.75) is 39.7 Å². The van der Waals surface area contributed by atoms with Crippen LogP contribution in [-0.2, 0) is 4.74 Å². The van der Waals surface area contributed by atoms with Gasteiger partial charge < -0.3 is 14.2 Å². The fourth-order valence-electron chi connectivity index (χ4n) is 2.60. The number of carbonyl (C=O) groups excluding carboxylic acids is 1. The highest BCUT2D eigenvalue weighted by atomic mass is 16.5. The van der Waals surface area contributed by atoms with Gasteiger partial charge in [-0.05, 0) is 26.0 Å². The summed E-state index contributed by atoms with van der Waals surface area (Å²) >= 11 is 0. The van der Waals surface area contributed by atoms with E-state index < -0.39 is 12.1 Å². The number of para-hydroxylation sites is 1. The van der Waals surface area contributed by atoms with Crippen LogP contribution in [0, 0.1) is 6.92 Å². The molecule has 0 saturated carbocycles. The van der Waals surface area contributed by atoms with Gasteiger partial charge in [-0.2, -0.15) is 0 Å². The number of hydrogen-bond acceptors (Lipinski definition) is 6. The number of aromatic amines is 1. The van der Waals surface area contributed by atoms with E-state index in [0.717, 1.165) is 0 Å². The number of carbonyl (C=O) groups is 1. The van der Waals surface area contributed by atoms with Gasteiger partial charge in [-0.25, -0.2) is 9.78 Å². The molecule has 1 N–H and O–H groups in total. The Balaban J connectivity index is 1.90. The Morgan fingerprint density at radius 3 is 2.68 bits per heavy atom. The largest absolute Gasteiger partial charge is 0.451 e. The summed E-state index contributed by atoms with van der Waals surface area (Å²) in [6, 6.07) is 7.00. The molecule has 1 aromatic carbocycles. The van der Waals surface area contributed by atoms with Gasteiger partial charge in [-0.1, -0.05) is 31.1 Å². The van der Waals surface area contributed by atoms with Crippen molar-refractivity contribution < 1.29 is 14.1 Å². The predicted octanol–water partition coefficient (Wildman–Crippen LogP) is 3.26. The van der Waals surface area contributed by atoms with Crippen LogP contribution in [-0.4, -0.2) is 21.1 Å². The Hall–Kier alpha value is -2.96. The maximum atomic E-state index is 12.5. The highest BCUT2D eigenvalue weighted by Gasteiger charge is 2.26. The minimum absolute atomic E-state index is 0.00217. The summed E-state index contributed by atoms with van der Waals surface area (Å²) in [4.78, 5) is 31.7. The number of benzene rings is 1. The lowest BCUT2D eigenvalue weighted by atomic mass is 10.1. The zero-order valence-electron chi connectivity index (χ0n) is 14.5. The molecule has 0 aliphatic heterocycles. The molecule has 130 valence electrons. The van der Waals surface area contributed by atoms with Crippen LogP contribution in [0.3, 0.4) is 0 Å². The standard InChI is InChI=1S/C18H19N3O4/c1-9(2)15-14(10(3)21-25-15)18(23)24-11(4)16-19-13-8-6-5-7-12(13)17(22)20-16/h5-9,11H,1-4H3,(H,19,20,22). The van der Waals surface area contributed by atoms with Gasteiger partial charge in [0.2, 0.25) is 0 Å². The first-order valence-corrected chi connectivity index (χ1v) is 8.04. The molecule has 7 heteroatoms. The van der Waals surface area contributed by atoms with Gasteiger partial charge in [0.15, 0.2) is 17.7 Å². The summed E-state index contributed by atoms with van der Waals surface area (Å²) in [5, 5.41) is 4.33. The first kappa shape index (κ1) is 16.9. The zero-order valence-corrected chi connectivity index (χ0v) is 14.5. The van der Waals surface area contributed by atoms with Gasteiger partial charge in [0.05, 0.1) is 16.6 Å². The number of rotatable bonds is 4. The van der Waals surface area contributed by atoms with Crippen molar-refractivity contribution >= 4 is 16.9 Å². The highest BCUT2D eigenvalue weighted by Crippen LogP contribution is 2.25. The van der Waals surface area contributed by atoms with Gasteiger partial charge in [-0.15, -0.1) is 0 Å². The number of H-pyrrole nitrogens is 1. The normalized spacial score (nSPS) is 12.5. The lowest BCUT2D eigenvalue weighted by molar-refractivity contribution is 0.0316. The second-order valence-electron chi connectivity index (χ2n) is 6.18. The zero-order chi connectivity index (χ0) is 18.1. The number of esters is 1. The van der Waals surface area contributed by atoms with Crippen molar-refractivity contribution in [2.75, 3.05) is 0 Å². The second-order valence-corrected chi connectivity index (χ2v) is 6.18. The summed E-state index contributed by atoms with van der Waals surface area (Å²) in [7, 11) is 0. The van der Waals surface area contributed by atoms with Gasteiger partial charge in [0.25, 0.3) is 5.56 Å². The third kappa shape index (κ3) is 3.17. The average Bonchev–Trinajstić information content (AvgIpc) is 2.96. The molecule has 3 rings (SSSR count). The van der Waals surface area contributed by atoms with E-state index >= 15 is 0 Å². The summed E-state index contributed by atoms with van der Waals surface area (Å²) in [6.45, 7) is 7.15. The van der Waals surface area contributed by atoms with Crippen LogP contribution in [0.5, 0.6) is 0 Å². The molecule has 0 fully saturated rings. The quantitative estimate of drug-likeness (QED) is 0.731. The summed E-state index contributed by atoms with van der Waals surface area (Å²) in [5.41, 5.74) is 1.08. The lowest BCUT2D eigenvalue weighted by Crippen LogP contribution is -2.18. The fraction of sp³-hybridized carbons (Fsp3) is 0.333. The smallest absolute Gasteiger partial charge is 0.344 e. The Morgan fingerprint density at radius 1 is 1.24 bits per heavy atom. The molecule has 2 heterocycles. The van der Waals surface area contributed by atoms with E-state index in [9.17, 15) is 9.59 Å². The van der Waals surface area contributed by atoms with E-state index in [2.05, 4.69) is 15.1 Å². The Kier molecular flexibility index (Phi) is 4.39. The van der Waals surface area contributed by atoms with Gasteiger partial charge in [0.1, 0.15) is 5.56 Å². The molecule has 1 atom stereocenters. The van der Waals surface area contributed by atoms with Crippen molar-refractivity contribution in [3.8, 4) is 0 Å². The summed E-state index contributed by atoms with van der Waals surface area (Å²) in [6.07, 6.45) is -0.723. The van der Waals surface area contributed by atoms with Crippen molar-refractivity contribution in [3.05, 3.63) is 57.5 Å². The Morgan fingerprint density at radius 2 is 1.96 bits per heavy atom. The first-order valence-electron chi connectivity index (χ1n) is 8.04. The molecule has 0 saturated heterocycles.